The van der Waals surface area contributed by atoms with Crippen molar-refractivity contribution in [2.24, 2.45) is 0 Å². The number of aliphatic hydroxyl groups excluding tert-OH is 2. The molecule has 2 N–H and O–H groups in total. The summed E-state index contributed by atoms with van der Waals surface area (Å²) in [6.45, 7) is 4.11. The van der Waals surface area contributed by atoms with Crippen LogP contribution in [0.4, 0.5) is 0 Å². The van der Waals surface area contributed by atoms with Gasteiger partial charge >= 0.3 is 5.97 Å². The minimum Gasteiger partial charge on any atom is -0.455 e. The SMILES string of the molecule is CCCCCCCCCCCC[C@@H](O)[C@H]1CC[C@H]([C@H](O)CCCCCC(=O)C[C@@H]2CC[C@@H](CC3=C[C@H](C)OC3=O)O2)O1. The molecule has 3 aliphatic rings. The fourth-order valence-corrected chi connectivity index (χ4v) is 6.78. The number of esters is 1. The molecule has 0 aromatic heterocycles. The van der Waals surface area contributed by atoms with Gasteiger partial charge in [-0.3, -0.25) is 4.79 Å². The van der Waals surface area contributed by atoms with Gasteiger partial charge in [0.05, 0.1) is 36.6 Å². The van der Waals surface area contributed by atoms with Crippen LogP contribution in [0, 0.1) is 0 Å². The van der Waals surface area contributed by atoms with Crippen LogP contribution >= 0.6 is 0 Å². The van der Waals surface area contributed by atoms with Crippen LogP contribution < -0.4 is 0 Å². The fraction of sp³-hybridized carbons (Fsp3) is 0.886. The van der Waals surface area contributed by atoms with Gasteiger partial charge in [-0.05, 0) is 57.9 Å². The molecule has 0 aliphatic carbocycles. The monoisotopic (exact) mass is 592 g/mol. The highest BCUT2D eigenvalue weighted by Gasteiger charge is 2.34. The Morgan fingerprint density at radius 1 is 0.786 bits per heavy atom. The Kier molecular flexibility index (Phi) is 16.7. The number of hydrogen-bond donors (Lipinski definition) is 2. The zero-order valence-electron chi connectivity index (χ0n) is 26.6. The van der Waals surface area contributed by atoms with E-state index in [9.17, 15) is 19.8 Å². The molecule has 42 heavy (non-hydrogen) atoms. The van der Waals surface area contributed by atoms with Crippen molar-refractivity contribution in [2.45, 2.75) is 198 Å². The lowest BCUT2D eigenvalue weighted by atomic mass is 9.99. The van der Waals surface area contributed by atoms with Crippen molar-refractivity contribution in [1.29, 1.82) is 0 Å². The van der Waals surface area contributed by atoms with E-state index in [0.717, 1.165) is 57.8 Å². The third kappa shape index (κ3) is 13.2. The second kappa shape index (κ2) is 19.9. The average molecular weight is 593 g/mol. The summed E-state index contributed by atoms with van der Waals surface area (Å²) in [5, 5.41) is 21.2. The van der Waals surface area contributed by atoms with E-state index < -0.39 is 12.2 Å². The summed E-state index contributed by atoms with van der Waals surface area (Å²) >= 11 is 0. The van der Waals surface area contributed by atoms with Crippen molar-refractivity contribution in [3.63, 3.8) is 0 Å². The number of aliphatic hydroxyl groups is 2. The number of unbranched alkanes of at least 4 members (excludes halogenated alkanes) is 11. The van der Waals surface area contributed by atoms with Gasteiger partial charge in [-0.25, -0.2) is 4.79 Å². The van der Waals surface area contributed by atoms with Gasteiger partial charge < -0.3 is 24.4 Å². The highest BCUT2D eigenvalue weighted by molar-refractivity contribution is 5.90. The van der Waals surface area contributed by atoms with E-state index in [-0.39, 0.29) is 42.3 Å². The molecule has 7 heteroatoms. The maximum atomic E-state index is 12.5. The van der Waals surface area contributed by atoms with Crippen molar-refractivity contribution < 1.29 is 34.0 Å². The Balaban J connectivity index is 1.15. The lowest BCUT2D eigenvalue weighted by Crippen LogP contribution is -2.31. The Morgan fingerprint density at radius 3 is 1.90 bits per heavy atom. The van der Waals surface area contributed by atoms with Gasteiger partial charge in [0.25, 0.3) is 0 Å². The minimum atomic E-state index is -0.505. The average Bonchev–Trinajstić information content (AvgIpc) is 3.70. The number of ether oxygens (including phenoxy) is 3. The molecule has 3 heterocycles. The molecule has 3 aliphatic heterocycles. The second-order valence-corrected chi connectivity index (χ2v) is 13.2. The van der Waals surface area contributed by atoms with E-state index in [1.165, 1.54) is 57.8 Å². The molecule has 0 spiro atoms. The van der Waals surface area contributed by atoms with Gasteiger partial charge in [0.1, 0.15) is 11.9 Å². The number of Topliss-reactive ketones (excluding diaryl/α,β-unsaturated/α-hetero) is 1. The van der Waals surface area contributed by atoms with Gasteiger partial charge in [-0.15, -0.1) is 0 Å². The largest absolute Gasteiger partial charge is 0.455 e. The zero-order chi connectivity index (χ0) is 30.2. The van der Waals surface area contributed by atoms with Crippen LogP contribution in [0.15, 0.2) is 11.6 Å². The van der Waals surface area contributed by atoms with E-state index in [4.69, 9.17) is 14.2 Å². The number of cyclic esters (lactones) is 1. The van der Waals surface area contributed by atoms with Crippen LogP contribution in [0.1, 0.15) is 155 Å². The molecule has 2 fully saturated rings. The predicted octanol–water partition coefficient (Wildman–Crippen LogP) is 7.29. The maximum absolute atomic E-state index is 12.5. The highest BCUT2D eigenvalue weighted by atomic mass is 16.5. The number of rotatable bonds is 23. The molecule has 7 nitrogen and oxygen atoms in total. The molecule has 2 saturated heterocycles. The van der Waals surface area contributed by atoms with Crippen molar-refractivity contribution in [2.75, 3.05) is 0 Å². The third-order valence-electron chi connectivity index (χ3n) is 9.34. The first-order chi connectivity index (χ1) is 20.4. The smallest absolute Gasteiger partial charge is 0.334 e. The summed E-state index contributed by atoms with van der Waals surface area (Å²) in [4.78, 5) is 24.3. The molecule has 0 unspecified atom stereocenters. The molecular weight excluding hydrogens is 532 g/mol. The first-order valence-electron chi connectivity index (χ1n) is 17.5. The van der Waals surface area contributed by atoms with Crippen molar-refractivity contribution in [3.8, 4) is 0 Å². The van der Waals surface area contributed by atoms with E-state index in [1.807, 2.05) is 13.0 Å². The topological polar surface area (TPSA) is 102 Å². The Labute approximate surface area is 255 Å². The summed E-state index contributed by atoms with van der Waals surface area (Å²) < 4.78 is 17.3. The highest BCUT2D eigenvalue weighted by Crippen LogP contribution is 2.30. The predicted molar refractivity (Wildman–Crippen MR) is 165 cm³/mol. The Hall–Kier alpha value is -1.28. The third-order valence-corrected chi connectivity index (χ3v) is 9.34. The van der Waals surface area contributed by atoms with Crippen LogP contribution in [0.25, 0.3) is 0 Å². The lowest BCUT2D eigenvalue weighted by molar-refractivity contribution is -0.139. The lowest BCUT2D eigenvalue weighted by Gasteiger charge is -2.22. The molecule has 0 aromatic rings. The van der Waals surface area contributed by atoms with Crippen LogP contribution in [-0.4, -0.2) is 64.7 Å². The molecule has 0 bridgehead atoms. The van der Waals surface area contributed by atoms with E-state index in [1.54, 1.807) is 0 Å². The van der Waals surface area contributed by atoms with Crippen molar-refractivity contribution in [3.05, 3.63) is 11.6 Å². The van der Waals surface area contributed by atoms with Crippen LogP contribution in [-0.2, 0) is 23.8 Å². The normalized spacial score (nSPS) is 27.3. The molecule has 0 saturated carbocycles. The zero-order valence-corrected chi connectivity index (χ0v) is 26.6. The summed E-state index contributed by atoms with van der Waals surface area (Å²) in [7, 11) is 0. The quantitative estimate of drug-likeness (QED) is 0.0949. The van der Waals surface area contributed by atoms with Crippen LogP contribution in [0.3, 0.4) is 0 Å². The van der Waals surface area contributed by atoms with Crippen LogP contribution in [0.2, 0.25) is 0 Å². The van der Waals surface area contributed by atoms with E-state index >= 15 is 0 Å². The van der Waals surface area contributed by atoms with Gasteiger partial charge in [-0.1, -0.05) is 84.0 Å². The standard InChI is InChI=1S/C35H60O7/c1-3-4-5-6-7-8-9-10-11-14-17-31(37)33-21-22-34(42-33)32(38)18-15-12-13-16-28(36)25-30-20-19-29(41-30)24-27-23-26(2)40-35(27)39/h23,26,29-34,37-38H,3-22,24-25H2,1-2H3/t26-,29-,30-,31+,32+,33+,34+/m0/s1. The number of hydrogen-bond acceptors (Lipinski definition) is 7. The molecule has 242 valence electrons. The second-order valence-electron chi connectivity index (χ2n) is 13.2. The molecule has 3 rings (SSSR count). The molecule has 0 radical (unpaired) electrons. The number of carbonyl (C=O) groups excluding carboxylic acids is 2. The number of carbonyl (C=O) groups is 2. The Bertz CT molecular complexity index is 811. The van der Waals surface area contributed by atoms with E-state index in [2.05, 4.69) is 6.92 Å². The summed E-state index contributed by atoms with van der Waals surface area (Å²) in [5.41, 5.74) is 0.695. The summed E-state index contributed by atoms with van der Waals surface area (Å²) in [5.74, 6) is -0.0140. The first-order valence-corrected chi connectivity index (χ1v) is 17.5. The van der Waals surface area contributed by atoms with Crippen LogP contribution in [0.5, 0.6) is 0 Å². The fourth-order valence-electron chi connectivity index (χ4n) is 6.78. The molecule has 0 amide bonds. The Morgan fingerprint density at radius 2 is 1.33 bits per heavy atom. The van der Waals surface area contributed by atoms with Gasteiger partial charge in [-0.2, -0.15) is 0 Å². The van der Waals surface area contributed by atoms with Crippen molar-refractivity contribution >= 4 is 11.8 Å². The molecule has 7 atom stereocenters. The van der Waals surface area contributed by atoms with E-state index in [0.29, 0.717) is 31.3 Å². The molecular formula is C35H60O7. The van der Waals surface area contributed by atoms with Gasteiger partial charge in [0.15, 0.2) is 0 Å². The summed E-state index contributed by atoms with van der Waals surface area (Å²) in [6.07, 6.45) is 22.2. The summed E-state index contributed by atoms with van der Waals surface area (Å²) in [6, 6.07) is 0. The first kappa shape index (κ1) is 35.2. The minimum absolute atomic E-state index is 0.00776. The van der Waals surface area contributed by atoms with Gasteiger partial charge in [0.2, 0.25) is 0 Å². The molecule has 0 aromatic carbocycles. The number of ketones is 1. The van der Waals surface area contributed by atoms with Crippen molar-refractivity contribution in [1.82, 2.24) is 0 Å². The van der Waals surface area contributed by atoms with Gasteiger partial charge in [0, 0.05) is 24.8 Å². The maximum Gasteiger partial charge on any atom is 0.334 e.